The van der Waals surface area contributed by atoms with Gasteiger partial charge in [0, 0.05) is 13.3 Å². The van der Waals surface area contributed by atoms with Crippen LogP contribution in [-0.4, -0.2) is 47.6 Å². The van der Waals surface area contributed by atoms with E-state index in [1.807, 2.05) is 36.5 Å². The van der Waals surface area contributed by atoms with Crippen molar-refractivity contribution >= 4 is 11.9 Å². The number of hydrogen-bond donors (Lipinski definition) is 2. The Morgan fingerprint density at radius 3 is 2.32 bits per heavy atom. The van der Waals surface area contributed by atoms with E-state index in [-0.39, 0.29) is 25.6 Å². The van der Waals surface area contributed by atoms with Gasteiger partial charge in [-0.1, -0.05) is 68.4 Å². The molecule has 6 nitrogen and oxygen atoms in total. The summed E-state index contributed by atoms with van der Waals surface area (Å²) in [6.45, 7) is 3.08. The molecule has 31 heavy (non-hydrogen) atoms. The predicted molar refractivity (Wildman–Crippen MR) is 123 cm³/mol. The number of allylic oxidation sites excluding steroid dienone is 6. The second-order valence-electron chi connectivity index (χ2n) is 7.32. The molecule has 0 aromatic heterocycles. The monoisotopic (exact) mass is 436 g/mol. The van der Waals surface area contributed by atoms with Crippen LogP contribution in [-0.2, 0) is 19.1 Å². The van der Waals surface area contributed by atoms with Gasteiger partial charge >= 0.3 is 11.9 Å². The third-order valence-electron chi connectivity index (χ3n) is 4.21. The number of hydrogen-bond acceptors (Lipinski definition) is 6. The van der Waals surface area contributed by atoms with Gasteiger partial charge in [-0.25, -0.2) is 0 Å². The maximum Gasteiger partial charge on any atom is 0.305 e. The molecule has 0 aliphatic rings. The van der Waals surface area contributed by atoms with E-state index >= 15 is 0 Å². The number of rotatable bonds is 18. The zero-order valence-corrected chi connectivity index (χ0v) is 19.1. The SMILES string of the molecule is CCCCC/C=C\C=C/[C@@H](O)C/C=C\C/C=C/CCCC(=O)OC[C@@H](O)COC(C)=O. The van der Waals surface area contributed by atoms with Crippen molar-refractivity contribution in [2.24, 2.45) is 0 Å². The highest BCUT2D eigenvalue weighted by atomic mass is 16.6. The summed E-state index contributed by atoms with van der Waals surface area (Å²) in [5.74, 6) is -0.867. The maximum atomic E-state index is 11.6. The van der Waals surface area contributed by atoms with Gasteiger partial charge in [0.15, 0.2) is 0 Å². The molecule has 0 saturated heterocycles. The molecule has 0 bridgehead atoms. The molecule has 0 radical (unpaired) electrons. The van der Waals surface area contributed by atoms with Crippen LogP contribution in [0.25, 0.3) is 0 Å². The molecule has 2 atom stereocenters. The minimum absolute atomic E-state index is 0.178. The van der Waals surface area contributed by atoms with E-state index in [0.717, 1.165) is 19.3 Å². The Bertz CT molecular complexity index is 577. The lowest BCUT2D eigenvalue weighted by molar-refractivity contribution is -0.151. The first-order valence-electron chi connectivity index (χ1n) is 11.2. The lowest BCUT2D eigenvalue weighted by Gasteiger charge is -2.10. The fraction of sp³-hybridized carbons (Fsp3) is 0.600. The van der Waals surface area contributed by atoms with Crippen molar-refractivity contribution in [2.75, 3.05) is 13.2 Å². The van der Waals surface area contributed by atoms with Crippen LogP contribution in [0.2, 0.25) is 0 Å². The van der Waals surface area contributed by atoms with E-state index in [4.69, 9.17) is 4.74 Å². The molecule has 0 aliphatic carbocycles. The van der Waals surface area contributed by atoms with Gasteiger partial charge in [-0.05, 0) is 38.5 Å². The molecule has 176 valence electrons. The Morgan fingerprint density at radius 1 is 0.871 bits per heavy atom. The number of carbonyl (C=O) groups excluding carboxylic acids is 2. The van der Waals surface area contributed by atoms with Crippen molar-refractivity contribution in [3.05, 3.63) is 48.6 Å². The molecule has 0 aromatic carbocycles. The number of ether oxygens (including phenoxy) is 2. The van der Waals surface area contributed by atoms with E-state index < -0.39 is 18.2 Å². The molecule has 0 spiro atoms. The van der Waals surface area contributed by atoms with E-state index in [0.29, 0.717) is 12.8 Å². The highest BCUT2D eigenvalue weighted by molar-refractivity contribution is 5.69. The van der Waals surface area contributed by atoms with Crippen LogP contribution < -0.4 is 0 Å². The first kappa shape index (κ1) is 28.8. The summed E-state index contributed by atoms with van der Waals surface area (Å²) >= 11 is 0. The van der Waals surface area contributed by atoms with Crippen LogP contribution in [0.1, 0.15) is 71.6 Å². The van der Waals surface area contributed by atoms with E-state index in [9.17, 15) is 19.8 Å². The number of carbonyl (C=O) groups is 2. The second-order valence-corrected chi connectivity index (χ2v) is 7.32. The lowest BCUT2D eigenvalue weighted by Crippen LogP contribution is -2.24. The smallest absolute Gasteiger partial charge is 0.305 e. The molecule has 0 amide bonds. The Hall–Kier alpha value is -2.18. The first-order valence-corrected chi connectivity index (χ1v) is 11.2. The highest BCUT2D eigenvalue weighted by Gasteiger charge is 2.09. The molecule has 0 aliphatic heterocycles. The molecule has 0 aromatic rings. The molecular formula is C25H40O6. The van der Waals surface area contributed by atoms with Gasteiger partial charge in [-0.3, -0.25) is 9.59 Å². The Labute approximate surface area is 187 Å². The van der Waals surface area contributed by atoms with Gasteiger partial charge < -0.3 is 19.7 Å². The van der Waals surface area contributed by atoms with Gasteiger partial charge in [-0.2, -0.15) is 0 Å². The summed E-state index contributed by atoms with van der Waals surface area (Å²) in [5.41, 5.74) is 0. The Morgan fingerprint density at radius 2 is 1.58 bits per heavy atom. The maximum absolute atomic E-state index is 11.6. The number of unbranched alkanes of at least 4 members (excludes halogenated alkanes) is 4. The van der Waals surface area contributed by atoms with Gasteiger partial charge in [0.05, 0.1) is 6.10 Å². The summed E-state index contributed by atoms with van der Waals surface area (Å²) in [6, 6.07) is 0. The molecule has 2 N–H and O–H groups in total. The van der Waals surface area contributed by atoms with Crippen LogP contribution >= 0.6 is 0 Å². The van der Waals surface area contributed by atoms with Crippen molar-refractivity contribution in [3.8, 4) is 0 Å². The highest BCUT2D eigenvalue weighted by Crippen LogP contribution is 2.03. The third kappa shape index (κ3) is 22.3. The molecule has 0 rings (SSSR count). The first-order chi connectivity index (χ1) is 15.0. The Kier molecular flexibility index (Phi) is 19.6. The lowest BCUT2D eigenvalue weighted by atomic mass is 10.2. The summed E-state index contributed by atoms with van der Waals surface area (Å²) < 4.78 is 9.55. The Balaban J connectivity index is 3.69. The summed E-state index contributed by atoms with van der Waals surface area (Å²) in [7, 11) is 0. The topological polar surface area (TPSA) is 93.1 Å². The average molecular weight is 437 g/mol. The molecule has 6 heteroatoms. The van der Waals surface area contributed by atoms with Crippen molar-refractivity contribution < 1.29 is 29.3 Å². The van der Waals surface area contributed by atoms with Crippen molar-refractivity contribution in [2.45, 2.75) is 83.8 Å². The summed E-state index contributed by atoms with van der Waals surface area (Å²) in [6.07, 6.45) is 22.2. The zero-order valence-electron chi connectivity index (χ0n) is 19.1. The normalized spacial score (nSPS) is 14.1. The minimum Gasteiger partial charge on any atom is -0.463 e. The zero-order chi connectivity index (χ0) is 23.2. The van der Waals surface area contributed by atoms with Gasteiger partial charge in [0.25, 0.3) is 0 Å². The van der Waals surface area contributed by atoms with E-state index in [2.05, 4.69) is 17.7 Å². The van der Waals surface area contributed by atoms with Crippen LogP contribution in [0, 0.1) is 0 Å². The van der Waals surface area contributed by atoms with Gasteiger partial charge in [0.1, 0.15) is 19.3 Å². The fourth-order valence-corrected chi connectivity index (χ4v) is 2.47. The molecule has 0 fully saturated rings. The van der Waals surface area contributed by atoms with Crippen LogP contribution in [0.4, 0.5) is 0 Å². The van der Waals surface area contributed by atoms with Crippen molar-refractivity contribution in [3.63, 3.8) is 0 Å². The van der Waals surface area contributed by atoms with Crippen LogP contribution in [0.5, 0.6) is 0 Å². The average Bonchev–Trinajstić information content (AvgIpc) is 2.74. The molecule has 0 heterocycles. The molecule has 0 saturated carbocycles. The van der Waals surface area contributed by atoms with E-state index in [1.165, 1.54) is 26.2 Å². The molecular weight excluding hydrogens is 396 g/mol. The van der Waals surface area contributed by atoms with Crippen molar-refractivity contribution in [1.29, 1.82) is 0 Å². The number of aliphatic hydroxyl groups excluding tert-OH is 2. The van der Waals surface area contributed by atoms with Gasteiger partial charge in [0.2, 0.25) is 0 Å². The number of esters is 2. The standard InChI is InChI=1S/C25H40O6/c1-3-4-5-6-8-11-14-17-23(27)18-15-12-9-7-10-13-16-19-25(29)31-21-24(28)20-30-22(2)26/h7-8,10-12,14-15,17,23-24,27-28H,3-6,9,13,16,18-21H2,1-2H3/b10-7+,11-8-,15-12-,17-14-/t23-,24+/m1/s1. The predicted octanol–water partition coefficient (Wildman–Crippen LogP) is 4.57. The van der Waals surface area contributed by atoms with Crippen LogP contribution in [0.3, 0.4) is 0 Å². The largest absolute Gasteiger partial charge is 0.463 e. The van der Waals surface area contributed by atoms with Crippen molar-refractivity contribution in [1.82, 2.24) is 0 Å². The summed E-state index contributed by atoms with van der Waals surface area (Å²) in [5, 5.41) is 19.4. The van der Waals surface area contributed by atoms with Crippen LogP contribution in [0.15, 0.2) is 48.6 Å². The minimum atomic E-state index is -0.999. The summed E-state index contributed by atoms with van der Waals surface area (Å²) in [4.78, 5) is 22.2. The number of aliphatic hydroxyl groups is 2. The fourth-order valence-electron chi connectivity index (χ4n) is 2.47. The quantitative estimate of drug-likeness (QED) is 0.141. The van der Waals surface area contributed by atoms with Gasteiger partial charge in [-0.15, -0.1) is 0 Å². The molecule has 0 unspecified atom stereocenters. The second kappa shape index (κ2) is 21.1. The third-order valence-corrected chi connectivity index (χ3v) is 4.21. The van der Waals surface area contributed by atoms with E-state index in [1.54, 1.807) is 6.08 Å².